The molecule has 2 aromatic carbocycles. The molecule has 2 rings (SSSR count). The van der Waals surface area contributed by atoms with Gasteiger partial charge in [-0.15, -0.1) is 0 Å². The molecule has 0 aliphatic heterocycles. The Morgan fingerprint density at radius 1 is 1.05 bits per heavy atom. The van der Waals surface area contributed by atoms with Crippen LogP contribution in [0.3, 0.4) is 0 Å². The number of allylic oxidation sites excluding steroid dienone is 1. The van der Waals surface area contributed by atoms with Gasteiger partial charge in [0.15, 0.2) is 0 Å². The molecule has 5 heteroatoms. The minimum Gasteiger partial charge on any atom is -0.207 e. The fraction of sp³-hybridized carbons (Fsp3) is 0.0625. The first-order valence-corrected chi connectivity index (χ1v) is 5.95. The first kappa shape index (κ1) is 14.8. The van der Waals surface area contributed by atoms with Crippen LogP contribution in [-0.2, 0) is 6.18 Å². The van der Waals surface area contributed by atoms with Crippen molar-refractivity contribution in [1.82, 2.24) is 0 Å². The SMILES string of the molecule is N#C/C(=C/c1cccc(C(F)(F)F)c1)c1cccc(F)c1. The van der Waals surface area contributed by atoms with Gasteiger partial charge in [0.25, 0.3) is 0 Å². The fourth-order valence-electron chi connectivity index (χ4n) is 1.81. The van der Waals surface area contributed by atoms with E-state index in [1.165, 1.54) is 36.4 Å². The Kier molecular flexibility index (Phi) is 4.08. The minimum absolute atomic E-state index is 0.0915. The standard InChI is InChI=1S/C16H9F4N/c17-15-6-2-4-12(9-15)13(10-21)7-11-3-1-5-14(8-11)16(18,19)20/h1-9H/b13-7-. The molecule has 0 unspecified atom stereocenters. The highest BCUT2D eigenvalue weighted by Crippen LogP contribution is 2.30. The Morgan fingerprint density at radius 3 is 2.38 bits per heavy atom. The quantitative estimate of drug-likeness (QED) is 0.438. The van der Waals surface area contributed by atoms with Crippen molar-refractivity contribution >= 4 is 11.6 Å². The van der Waals surface area contributed by atoms with Crippen LogP contribution >= 0.6 is 0 Å². The Bertz CT molecular complexity index is 724. The smallest absolute Gasteiger partial charge is 0.207 e. The summed E-state index contributed by atoms with van der Waals surface area (Å²) >= 11 is 0. The fourth-order valence-corrected chi connectivity index (χ4v) is 1.81. The zero-order valence-corrected chi connectivity index (χ0v) is 10.7. The number of hydrogen-bond donors (Lipinski definition) is 0. The molecule has 2 aromatic rings. The monoisotopic (exact) mass is 291 g/mol. The average molecular weight is 291 g/mol. The van der Waals surface area contributed by atoms with Crippen molar-refractivity contribution < 1.29 is 17.6 Å². The van der Waals surface area contributed by atoms with E-state index in [-0.39, 0.29) is 11.1 Å². The maximum absolute atomic E-state index is 13.1. The van der Waals surface area contributed by atoms with Gasteiger partial charge in [-0.3, -0.25) is 0 Å². The number of benzene rings is 2. The molecule has 0 radical (unpaired) electrons. The predicted octanol–water partition coefficient (Wildman–Crippen LogP) is 4.91. The van der Waals surface area contributed by atoms with Gasteiger partial charge in [0.2, 0.25) is 0 Å². The van der Waals surface area contributed by atoms with E-state index in [0.29, 0.717) is 5.56 Å². The van der Waals surface area contributed by atoms with E-state index in [1.54, 1.807) is 0 Å². The highest BCUT2D eigenvalue weighted by atomic mass is 19.4. The van der Waals surface area contributed by atoms with Gasteiger partial charge in [0.05, 0.1) is 17.2 Å². The summed E-state index contributed by atoms with van der Waals surface area (Å²) in [4.78, 5) is 0. The van der Waals surface area contributed by atoms with Crippen LogP contribution < -0.4 is 0 Å². The first-order valence-electron chi connectivity index (χ1n) is 5.95. The molecule has 1 nitrogen and oxygen atoms in total. The molecular weight excluding hydrogens is 282 g/mol. The van der Waals surface area contributed by atoms with E-state index in [1.807, 2.05) is 6.07 Å². The lowest BCUT2D eigenvalue weighted by atomic mass is 10.0. The highest BCUT2D eigenvalue weighted by Gasteiger charge is 2.30. The van der Waals surface area contributed by atoms with Gasteiger partial charge < -0.3 is 0 Å². The van der Waals surface area contributed by atoms with E-state index in [9.17, 15) is 17.6 Å². The van der Waals surface area contributed by atoms with Crippen LogP contribution in [0.5, 0.6) is 0 Å². The Morgan fingerprint density at radius 2 is 1.76 bits per heavy atom. The largest absolute Gasteiger partial charge is 0.416 e. The minimum atomic E-state index is -4.45. The van der Waals surface area contributed by atoms with E-state index in [2.05, 4.69) is 0 Å². The number of hydrogen-bond acceptors (Lipinski definition) is 1. The van der Waals surface area contributed by atoms with Crippen LogP contribution in [0.1, 0.15) is 16.7 Å². The van der Waals surface area contributed by atoms with Crippen molar-refractivity contribution in [3.8, 4) is 6.07 Å². The molecule has 0 saturated heterocycles. The molecule has 106 valence electrons. The molecule has 0 heterocycles. The van der Waals surface area contributed by atoms with Crippen LogP contribution in [-0.4, -0.2) is 0 Å². The van der Waals surface area contributed by atoms with Crippen LogP contribution in [0.15, 0.2) is 48.5 Å². The third-order valence-corrected chi connectivity index (χ3v) is 2.78. The van der Waals surface area contributed by atoms with Crippen LogP contribution in [0.2, 0.25) is 0 Å². The molecule has 0 aromatic heterocycles. The summed E-state index contributed by atoms with van der Waals surface area (Å²) < 4.78 is 51.0. The van der Waals surface area contributed by atoms with E-state index >= 15 is 0 Å². The van der Waals surface area contributed by atoms with Crippen molar-refractivity contribution in [2.24, 2.45) is 0 Å². The van der Waals surface area contributed by atoms with Gasteiger partial charge in [0, 0.05) is 0 Å². The lowest BCUT2D eigenvalue weighted by molar-refractivity contribution is -0.137. The molecule has 0 bridgehead atoms. The molecule has 0 N–H and O–H groups in total. The first-order chi connectivity index (χ1) is 9.90. The van der Waals surface area contributed by atoms with Crippen molar-refractivity contribution in [1.29, 1.82) is 5.26 Å². The number of halogens is 4. The van der Waals surface area contributed by atoms with Gasteiger partial charge in [-0.05, 0) is 41.5 Å². The molecule has 21 heavy (non-hydrogen) atoms. The predicted molar refractivity (Wildman–Crippen MR) is 71.3 cm³/mol. The summed E-state index contributed by atoms with van der Waals surface area (Å²) in [5.41, 5.74) is -0.165. The number of nitrogens with zero attached hydrogens (tertiary/aromatic N) is 1. The lowest BCUT2D eigenvalue weighted by Crippen LogP contribution is -2.04. The number of alkyl halides is 3. The maximum atomic E-state index is 13.1. The average Bonchev–Trinajstić information content (AvgIpc) is 2.44. The third-order valence-electron chi connectivity index (χ3n) is 2.78. The third kappa shape index (κ3) is 3.69. The number of nitriles is 1. The Balaban J connectivity index is 2.44. The molecule has 0 amide bonds. The van der Waals surface area contributed by atoms with Crippen molar-refractivity contribution in [3.05, 3.63) is 71.0 Å². The van der Waals surface area contributed by atoms with E-state index < -0.39 is 17.6 Å². The van der Waals surface area contributed by atoms with E-state index in [4.69, 9.17) is 5.26 Å². The zero-order chi connectivity index (χ0) is 15.5. The molecule has 0 aliphatic carbocycles. The zero-order valence-electron chi connectivity index (χ0n) is 10.7. The number of rotatable bonds is 2. The van der Waals surface area contributed by atoms with Crippen molar-refractivity contribution in [2.45, 2.75) is 6.18 Å². The Hall–Kier alpha value is -2.61. The second kappa shape index (κ2) is 5.80. The molecule has 0 saturated carbocycles. The Labute approximate surface area is 118 Å². The molecular formula is C16H9F4N. The van der Waals surface area contributed by atoms with Gasteiger partial charge in [-0.1, -0.05) is 24.3 Å². The van der Waals surface area contributed by atoms with Crippen LogP contribution in [0, 0.1) is 17.1 Å². The summed E-state index contributed by atoms with van der Waals surface area (Å²) in [6.45, 7) is 0. The van der Waals surface area contributed by atoms with Crippen LogP contribution in [0.4, 0.5) is 17.6 Å². The van der Waals surface area contributed by atoms with Crippen LogP contribution in [0.25, 0.3) is 11.6 Å². The molecule has 0 fully saturated rings. The molecule has 0 spiro atoms. The van der Waals surface area contributed by atoms with Gasteiger partial charge in [0.1, 0.15) is 5.82 Å². The molecule has 0 aliphatic rings. The van der Waals surface area contributed by atoms with Crippen molar-refractivity contribution in [2.75, 3.05) is 0 Å². The molecule has 0 atom stereocenters. The maximum Gasteiger partial charge on any atom is 0.416 e. The second-order valence-corrected chi connectivity index (χ2v) is 4.30. The second-order valence-electron chi connectivity index (χ2n) is 4.30. The summed E-state index contributed by atoms with van der Waals surface area (Å²) in [7, 11) is 0. The van der Waals surface area contributed by atoms with Gasteiger partial charge >= 0.3 is 6.18 Å². The van der Waals surface area contributed by atoms with E-state index in [0.717, 1.165) is 18.2 Å². The lowest BCUT2D eigenvalue weighted by Gasteiger charge is -2.07. The normalized spacial score (nSPS) is 12.0. The summed E-state index contributed by atoms with van der Waals surface area (Å²) in [6.07, 6.45) is -3.15. The summed E-state index contributed by atoms with van der Waals surface area (Å²) in [5.74, 6) is -0.516. The summed E-state index contributed by atoms with van der Waals surface area (Å²) in [5, 5.41) is 9.10. The topological polar surface area (TPSA) is 23.8 Å². The van der Waals surface area contributed by atoms with Crippen molar-refractivity contribution in [3.63, 3.8) is 0 Å². The van der Waals surface area contributed by atoms with Gasteiger partial charge in [-0.2, -0.15) is 18.4 Å². The van der Waals surface area contributed by atoms with Gasteiger partial charge in [-0.25, -0.2) is 4.39 Å². The summed E-state index contributed by atoms with van der Waals surface area (Å²) in [6, 6.07) is 11.8. The highest BCUT2D eigenvalue weighted by molar-refractivity contribution is 5.89.